The number of nitrogens with one attached hydrogen (secondary N) is 1. The Hall–Kier alpha value is -1.14. The summed E-state index contributed by atoms with van der Waals surface area (Å²) in [5.74, 6) is -0.471. The molecule has 4 nitrogen and oxygen atoms in total. The molecule has 0 spiro atoms. The van der Waals surface area contributed by atoms with Crippen LogP contribution in [0.5, 0.6) is 0 Å². The molecule has 1 aliphatic rings. The summed E-state index contributed by atoms with van der Waals surface area (Å²) < 4.78 is 14.7. The fraction of sp³-hybridized carbons (Fsp3) is 0.500. The van der Waals surface area contributed by atoms with Crippen LogP contribution in [0.1, 0.15) is 19.4 Å². The Morgan fingerprint density at radius 3 is 2.75 bits per heavy atom. The van der Waals surface area contributed by atoms with Crippen LogP contribution in [0.4, 0.5) is 10.1 Å². The van der Waals surface area contributed by atoms with Crippen molar-refractivity contribution in [3.05, 3.63) is 28.0 Å². The second kappa shape index (κ2) is 6.10. The molecule has 1 atom stereocenters. The molecule has 1 aromatic rings. The molecule has 0 amide bonds. The van der Waals surface area contributed by atoms with Gasteiger partial charge in [-0.3, -0.25) is 10.3 Å². The summed E-state index contributed by atoms with van der Waals surface area (Å²) in [5.41, 5.74) is 6.41. The van der Waals surface area contributed by atoms with Gasteiger partial charge < -0.3 is 10.6 Å². The van der Waals surface area contributed by atoms with Crippen LogP contribution in [0.25, 0.3) is 0 Å². The Balaban J connectivity index is 2.26. The molecule has 20 heavy (non-hydrogen) atoms. The van der Waals surface area contributed by atoms with E-state index in [0.717, 1.165) is 26.2 Å². The highest BCUT2D eigenvalue weighted by molar-refractivity contribution is 9.10. The Kier molecular flexibility index (Phi) is 4.65. The van der Waals surface area contributed by atoms with Crippen molar-refractivity contribution in [1.82, 2.24) is 4.90 Å². The van der Waals surface area contributed by atoms with Gasteiger partial charge >= 0.3 is 0 Å². The normalized spacial score (nSPS) is 20.2. The van der Waals surface area contributed by atoms with Crippen molar-refractivity contribution in [2.75, 3.05) is 31.1 Å². The molecule has 0 radical (unpaired) electrons. The van der Waals surface area contributed by atoms with Crippen molar-refractivity contribution in [3.63, 3.8) is 0 Å². The number of amidine groups is 1. The quantitative estimate of drug-likeness (QED) is 0.655. The third kappa shape index (κ3) is 2.81. The predicted molar refractivity (Wildman–Crippen MR) is 84.0 cm³/mol. The van der Waals surface area contributed by atoms with Gasteiger partial charge in [-0.1, -0.05) is 6.92 Å². The molecule has 1 heterocycles. The van der Waals surface area contributed by atoms with Gasteiger partial charge in [0, 0.05) is 31.2 Å². The zero-order valence-corrected chi connectivity index (χ0v) is 13.4. The lowest BCUT2D eigenvalue weighted by molar-refractivity contribution is 0.199. The number of nitrogens with zero attached hydrogens (tertiary/aromatic N) is 2. The number of benzene rings is 1. The van der Waals surface area contributed by atoms with Crippen molar-refractivity contribution in [2.45, 2.75) is 19.9 Å². The number of hydrogen-bond acceptors (Lipinski definition) is 3. The van der Waals surface area contributed by atoms with E-state index in [-0.39, 0.29) is 16.1 Å². The average Bonchev–Trinajstić information content (AvgIpc) is 2.41. The second-order valence-electron chi connectivity index (χ2n) is 5.10. The van der Waals surface area contributed by atoms with Crippen LogP contribution in [0.3, 0.4) is 0 Å². The molecular weight excluding hydrogens is 323 g/mol. The highest BCUT2D eigenvalue weighted by atomic mass is 79.9. The molecule has 3 N–H and O–H groups in total. The van der Waals surface area contributed by atoms with Crippen LogP contribution in [0.2, 0.25) is 0 Å². The van der Waals surface area contributed by atoms with Gasteiger partial charge in [0.25, 0.3) is 0 Å². The number of piperazine rings is 1. The fourth-order valence-electron chi connectivity index (χ4n) is 2.68. The average molecular weight is 343 g/mol. The number of nitrogen functional groups attached to an aromatic ring is 1. The van der Waals surface area contributed by atoms with Crippen molar-refractivity contribution >= 4 is 27.5 Å². The Labute approximate surface area is 127 Å². The van der Waals surface area contributed by atoms with Gasteiger partial charge in [0.15, 0.2) is 5.82 Å². The summed E-state index contributed by atoms with van der Waals surface area (Å²) in [6, 6.07) is 3.81. The first-order valence-corrected chi connectivity index (χ1v) is 7.56. The van der Waals surface area contributed by atoms with Gasteiger partial charge in [0.2, 0.25) is 0 Å². The highest BCUT2D eigenvalue weighted by Crippen LogP contribution is 2.30. The van der Waals surface area contributed by atoms with Gasteiger partial charge in [-0.25, -0.2) is 4.39 Å². The first-order valence-electron chi connectivity index (χ1n) is 6.77. The van der Waals surface area contributed by atoms with E-state index in [0.29, 0.717) is 17.3 Å². The van der Waals surface area contributed by atoms with Crippen LogP contribution in [0.15, 0.2) is 16.6 Å². The summed E-state index contributed by atoms with van der Waals surface area (Å²) >= 11 is 3.21. The van der Waals surface area contributed by atoms with E-state index in [1.807, 2.05) is 0 Å². The van der Waals surface area contributed by atoms with Crippen LogP contribution >= 0.6 is 15.9 Å². The minimum absolute atomic E-state index is 0.133. The van der Waals surface area contributed by atoms with Crippen LogP contribution in [-0.2, 0) is 0 Å². The number of halogens is 2. The molecule has 2 rings (SSSR count). The van der Waals surface area contributed by atoms with Gasteiger partial charge in [-0.2, -0.15) is 0 Å². The molecule has 0 saturated carbocycles. The summed E-state index contributed by atoms with van der Waals surface area (Å²) in [5, 5.41) is 7.43. The first-order chi connectivity index (χ1) is 9.45. The van der Waals surface area contributed by atoms with Crippen molar-refractivity contribution in [3.8, 4) is 0 Å². The van der Waals surface area contributed by atoms with Crippen molar-refractivity contribution in [1.29, 1.82) is 5.41 Å². The lowest BCUT2D eigenvalue weighted by Gasteiger charge is -2.40. The van der Waals surface area contributed by atoms with E-state index in [4.69, 9.17) is 11.1 Å². The SMILES string of the molecule is CCN1CCN(c2ccc(C(=N)N)c(Br)c2F)CC1C. The molecule has 0 bridgehead atoms. The number of anilines is 1. The predicted octanol–water partition coefficient (Wildman–Crippen LogP) is 2.40. The number of hydrogen-bond donors (Lipinski definition) is 2. The van der Waals surface area contributed by atoms with E-state index in [2.05, 4.69) is 39.6 Å². The maximum Gasteiger partial charge on any atom is 0.161 e. The topological polar surface area (TPSA) is 56.4 Å². The molecule has 0 aromatic heterocycles. The summed E-state index contributed by atoms with van der Waals surface area (Å²) in [4.78, 5) is 4.44. The zero-order chi connectivity index (χ0) is 14.9. The molecule has 6 heteroatoms. The monoisotopic (exact) mass is 342 g/mol. The highest BCUT2D eigenvalue weighted by Gasteiger charge is 2.25. The largest absolute Gasteiger partial charge is 0.384 e. The molecule has 1 aliphatic heterocycles. The minimum atomic E-state index is -0.338. The Morgan fingerprint density at radius 1 is 1.50 bits per heavy atom. The van der Waals surface area contributed by atoms with E-state index in [1.165, 1.54) is 0 Å². The zero-order valence-electron chi connectivity index (χ0n) is 11.8. The smallest absolute Gasteiger partial charge is 0.161 e. The maximum absolute atomic E-state index is 14.5. The molecule has 110 valence electrons. The summed E-state index contributed by atoms with van der Waals surface area (Å²) in [6.07, 6.45) is 0. The van der Waals surface area contributed by atoms with Crippen LogP contribution in [0, 0.1) is 11.2 Å². The molecule has 1 unspecified atom stereocenters. The fourth-order valence-corrected chi connectivity index (χ4v) is 3.22. The maximum atomic E-state index is 14.5. The van der Waals surface area contributed by atoms with Gasteiger partial charge in [-0.15, -0.1) is 0 Å². The lowest BCUT2D eigenvalue weighted by Crippen LogP contribution is -2.52. The van der Waals surface area contributed by atoms with Gasteiger partial charge in [0.05, 0.1) is 10.2 Å². The minimum Gasteiger partial charge on any atom is -0.384 e. The van der Waals surface area contributed by atoms with Gasteiger partial charge in [-0.05, 0) is 41.5 Å². The van der Waals surface area contributed by atoms with Gasteiger partial charge in [0.1, 0.15) is 5.84 Å². The summed E-state index contributed by atoms with van der Waals surface area (Å²) in [7, 11) is 0. The first kappa shape index (κ1) is 15.3. The molecule has 1 aromatic carbocycles. The third-order valence-electron chi connectivity index (χ3n) is 3.86. The Bertz CT molecular complexity index is 520. The standard InChI is InChI=1S/C14H20BrFN4/c1-3-19-6-7-20(8-9(19)2)11-5-4-10(14(17)18)12(15)13(11)16/h4-5,9H,3,6-8H2,1-2H3,(H3,17,18). The van der Waals surface area contributed by atoms with Crippen LogP contribution < -0.4 is 10.6 Å². The van der Waals surface area contributed by atoms with Crippen molar-refractivity contribution < 1.29 is 4.39 Å². The Morgan fingerprint density at radius 2 is 2.20 bits per heavy atom. The number of nitrogens with two attached hydrogens (primary N) is 1. The summed E-state index contributed by atoms with van der Waals surface area (Å²) in [6.45, 7) is 7.86. The van der Waals surface area contributed by atoms with Crippen LogP contribution in [-0.4, -0.2) is 43.0 Å². The lowest BCUT2D eigenvalue weighted by atomic mass is 10.1. The van der Waals surface area contributed by atoms with E-state index in [9.17, 15) is 4.39 Å². The number of rotatable bonds is 3. The van der Waals surface area contributed by atoms with E-state index in [1.54, 1.807) is 12.1 Å². The third-order valence-corrected chi connectivity index (χ3v) is 4.64. The number of likely N-dealkylation sites (N-methyl/N-ethyl adjacent to an activating group) is 1. The second-order valence-corrected chi connectivity index (χ2v) is 5.89. The molecule has 1 fully saturated rings. The van der Waals surface area contributed by atoms with E-state index >= 15 is 0 Å². The molecular formula is C14H20BrFN4. The molecule has 1 saturated heterocycles. The van der Waals surface area contributed by atoms with Crippen molar-refractivity contribution in [2.24, 2.45) is 5.73 Å². The van der Waals surface area contributed by atoms with E-state index < -0.39 is 0 Å². The molecule has 0 aliphatic carbocycles.